The molecule has 6 heteroatoms. The van der Waals surface area contributed by atoms with E-state index in [1.165, 1.54) is 0 Å². The van der Waals surface area contributed by atoms with Crippen LogP contribution in [-0.4, -0.2) is 23.6 Å². The molecule has 18 heavy (non-hydrogen) atoms. The highest BCUT2D eigenvalue weighted by atomic mass is 32.1. The van der Waals surface area contributed by atoms with Crippen molar-refractivity contribution < 1.29 is 14.3 Å². The molecule has 0 unspecified atom stereocenters. The standard InChI is InChI=1S/C12H16N2O3S/c1-12(2,3)17-11(16)14-8-6-9-7(4-5-18-9)13-10(8)15/h4-5,8H,6H2,1-3H3,(H,13,15)(H,14,16)/t8-/m1/s1. The highest BCUT2D eigenvalue weighted by Gasteiger charge is 2.29. The minimum absolute atomic E-state index is 0.202. The molecule has 5 nitrogen and oxygen atoms in total. The van der Waals surface area contributed by atoms with Crippen molar-refractivity contribution in [3.63, 3.8) is 0 Å². The average molecular weight is 268 g/mol. The molecule has 1 aliphatic heterocycles. The van der Waals surface area contributed by atoms with Gasteiger partial charge in [0, 0.05) is 11.3 Å². The highest BCUT2D eigenvalue weighted by Crippen LogP contribution is 2.27. The molecule has 1 aliphatic rings. The molecule has 98 valence electrons. The summed E-state index contributed by atoms with van der Waals surface area (Å²) in [5.41, 5.74) is 0.274. The quantitative estimate of drug-likeness (QED) is 0.820. The second-order valence-electron chi connectivity index (χ2n) is 5.15. The first-order valence-corrected chi connectivity index (χ1v) is 6.60. The second kappa shape index (κ2) is 4.61. The summed E-state index contributed by atoms with van der Waals surface area (Å²) in [5, 5.41) is 7.27. The fourth-order valence-corrected chi connectivity index (χ4v) is 2.55. The smallest absolute Gasteiger partial charge is 0.408 e. The van der Waals surface area contributed by atoms with Crippen LogP contribution in [0.5, 0.6) is 0 Å². The van der Waals surface area contributed by atoms with Crippen LogP contribution in [0.2, 0.25) is 0 Å². The maximum Gasteiger partial charge on any atom is 0.408 e. The van der Waals surface area contributed by atoms with E-state index in [1.807, 2.05) is 11.4 Å². The lowest BCUT2D eigenvalue weighted by Crippen LogP contribution is -2.48. The van der Waals surface area contributed by atoms with Crippen molar-refractivity contribution in [3.8, 4) is 0 Å². The molecule has 2 amide bonds. The van der Waals surface area contributed by atoms with Gasteiger partial charge in [0.1, 0.15) is 11.6 Å². The molecule has 0 radical (unpaired) electrons. The second-order valence-corrected chi connectivity index (χ2v) is 6.15. The number of carbonyl (C=O) groups excluding carboxylic acids is 2. The topological polar surface area (TPSA) is 67.4 Å². The van der Waals surface area contributed by atoms with E-state index in [-0.39, 0.29) is 5.91 Å². The fraction of sp³-hybridized carbons (Fsp3) is 0.500. The molecule has 1 aromatic rings. The Morgan fingerprint density at radius 3 is 2.94 bits per heavy atom. The van der Waals surface area contributed by atoms with Gasteiger partial charge in [-0.25, -0.2) is 4.79 Å². The zero-order chi connectivity index (χ0) is 13.3. The number of rotatable bonds is 1. The number of nitrogens with one attached hydrogen (secondary N) is 2. The lowest BCUT2D eigenvalue weighted by Gasteiger charge is -2.25. The van der Waals surface area contributed by atoms with Gasteiger partial charge in [-0.2, -0.15) is 0 Å². The predicted octanol–water partition coefficient (Wildman–Crippen LogP) is 2.14. The minimum Gasteiger partial charge on any atom is -0.444 e. The zero-order valence-corrected chi connectivity index (χ0v) is 11.4. The summed E-state index contributed by atoms with van der Waals surface area (Å²) in [4.78, 5) is 24.5. The van der Waals surface area contributed by atoms with Crippen LogP contribution in [0.3, 0.4) is 0 Å². The SMILES string of the molecule is CC(C)(C)OC(=O)N[C@@H]1Cc2sccc2NC1=O. The van der Waals surface area contributed by atoms with E-state index in [2.05, 4.69) is 10.6 Å². The molecule has 0 saturated carbocycles. The van der Waals surface area contributed by atoms with E-state index in [0.29, 0.717) is 6.42 Å². The number of ether oxygens (including phenoxy) is 1. The summed E-state index contributed by atoms with van der Waals surface area (Å²) in [6, 6.07) is 1.30. The molecule has 0 spiro atoms. The third kappa shape index (κ3) is 3.01. The lowest BCUT2D eigenvalue weighted by molar-refractivity contribution is -0.118. The Kier molecular flexibility index (Phi) is 3.30. The number of fused-ring (bicyclic) bond motifs is 1. The molecule has 0 aromatic carbocycles. The van der Waals surface area contributed by atoms with Crippen LogP contribution < -0.4 is 10.6 Å². The molecule has 0 saturated heterocycles. The van der Waals surface area contributed by atoms with Crippen molar-refractivity contribution >= 4 is 29.0 Å². The van der Waals surface area contributed by atoms with Gasteiger partial charge < -0.3 is 15.4 Å². The maximum atomic E-state index is 11.8. The first-order valence-electron chi connectivity index (χ1n) is 5.72. The van der Waals surface area contributed by atoms with Gasteiger partial charge in [0.25, 0.3) is 0 Å². The molecule has 0 bridgehead atoms. The third-order valence-electron chi connectivity index (χ3n) is 2.40. The van der Waals surface area contributed by atoms with Gasteiger partial charge in [-0.1, -0.05) is 0 Å². The molecule has 2 N–H and O–H groups in total. The molecule has 1 aromatic heterocycles. The van der Waals surface area contributed by atoms with Crippen molar-refractivity contribution in [2.24, 2.45) is 0 Å². The van der Waals surface area contributed by atoms with E-state index >= 15 is 0 Å². The third-order valence-corrected chi connectivity index (χ3v) is 3.34. The Morgan fingerprint density at radius 1 is 1.56 bits per heavy atom. The van der Waals surface area contributed by atoms with Gasteiger partial charge >= 0.3 is 6.09 Å². The fourth-order valence-electron chi connectivity index (χ4n) is 1.67. The van der Waals surface area contributed by atoms with Gasteiger partial charge in [-0.05, 0) is 32.2 Å². The van der Waals surface area contributed by atoms with Gasteiger partial charge in [0.2, 0.25) is 5.91 Å². The van der Waals surface area contributed by atoms with Crippen LogP contribution in [0.1, 0.15) is 25.6 Å². The van der Waals surface area contributed by atoms with Crippen LogP contribution >= 0.6 is 11.3 Å². The van der Waals surface area contributed by atoms with E-state index in [4.69, 9.17) is 4.74 Å². The van der Waals surface area contributed by atoms with Crippen molar-refractivity contribution in [2.75, 3.05) is 5.32 Å². The van der Waals surface area contributed by atoms with Crippen molar-refractivity contribution in [1.82, 2.24) is 5.32 Å². The minimum atomic E-state index is -0.567. The number of hydrogen-bond donors (Lipinski definition) is 2. The van der Waals surface area contributed by atoms with Crippen LogP contribution in [0.4, 0.5) is 10.5 Å². The van der Waals surface area contributed by atoms with Crippen molar-refractivity contribution in [1.29, 1.82) is 0 Å². The summed E-state index contributed by atoms with van der Waals surface area (Å²) in [5.74, 6) is -0.202. The highest BCUT2D eigenvalue weighted by molar-refractivity contribution is 7.10. The van der Waals surface area contributed by atoms with Gasteiger partial charge in [-0.15, -0.1) is 11.3 Å². The van der Waals surface area contributed by atoms with Gasteiger partial charge in [0.05, 0.1) is 5.69 Å². The number of carbonyl (C=O) groups is 2. The van der Waals surface area contributed by atoms with E-state index in [0.717, 1.165) is 10.6 Å². The van der Waals surface area contributed by atoms with E-state index < -0.39 is 17.7 Å². The summed E-state index contributed by atoms with van der Waals surface area (Å²) in [6.07, 6.45) is -0.0550. The Labute approximate surface area is 110 Å². The normalized spacial score (nSPS) is 18.8. The van der Waals surface area contributed by atoms with E-state index in [1.54, 1.807) is 32.1 Å². The molecule has 0 aliphatic carbocycles. The zero-order valence-electron chi connectivity index (χ0n) is 10.6. The average Bonchev–Trinajstić information content (AvgIpc) is 2.62. The molecule has 0 fully saturated rings. The Balaban J connectivity index is 1.99. The van der Waals surface area contributed by atoms with E-state index in [9.17, 15) is 9.59 Å². The summed E-state index contributed by atoms with van der Waals surface area (Å²) in [6.45, 7) is 5.35. The van der Waals surface area contributed by atoms with Gasteiger partial charge in [-0.3, -0.25) is 4.79 Å². The predicted molar refractivity (Wildman–Crippen MR) is 69.8 cm³/mol. The molecule has 1 atom stereocenters. The summed E-state index contributed by atoms with van der Waals surface area (Å²) in [7, 11) is 0. The van der Waals surface area contributed by atoms with Crippen molar-refractivity contribution in [2.45, 2.75) is 38.8 Å². The number of thiophene rings is 1. The first-order chi connectivity index (χ1) is 8.35. The molecular formula is C12H16N2O3S. The largest absolute Gasteiger partial charge is 0.444 e. The Morgan fingerprint density at radius 2 is 2.28 bits per heavy atom. The number of hydrogen-bond acceptors (Lipinski definition) is 4. The van der Waals surface area contributed by atoms with Crippen LogP contribution in [0.15, 0.2) is 11.4 Å². The lowest BCUT2D eigenvalue weighted by atomic mass is 10.1. The number of alkyl carbamates (subject to hydrolysis) is 1. The molecule has 2 heterocycles. The number of amides is 2. The first kappa shape index (κ1) is 12.9. The molecular weight excluding hydrogens is 252 g/mol. The summed E-state index contributed by atoms with van der Waals surface area (Å²) >= 11 is 1.56. The monoisotopic (exact) mass is 268 g/mol. The maximum absolute atomic E-state index is 11.8. The summed E-state index contributed by atoms with van der Waals surface area (Å²) < 4.78 is 5.13. The van der Waals surface area contributed by atoms with Crippen LogP contribution in [-0.2, 0) is 16.0 Å². The van der Waals surface area contributed by atoms with Crippen LogP contribution in [0, 0.1) is 0 Å². The number of anilines is 1. The van der Waals surface area contributed by atoms with Crippen LogP contribution in [0.25, 0.3) is 0 Å². The Hall–Kier alpha value is -1.56. The van der Waals surface area contributed by atoms with Crippen molar-refractivity contribution in [3.05, 3.63) is 16.3 Å². The van der Waals surface area contributed by atoms with Gasteiger partial charge in [0.15, 0.2) is 0 Å². The molecule has 2 rings (SSSR count). The Bertz CT molecular complexity index is 476.